The molecule has 4 nitrogen and oxygen atoms in total. The molecule has 2 N–H and O–H groups in total. The van der Waals surface area contributed by atoms with Crippen molar-refractivity contribution < 1.29 is 14.6 Å². The molecule has 1 aliphatic carbocycles. The molecule has 1 unspecified atom stereocenters. The average Bonchev–Trinajstić information content (AvgIpc) is 2.78. The van der Waals surface area contributed by atoms with Crippen molar-refractivity contribution in [2.75, 3.05) is 13.3 Å². The number of aliphatic hydroxyl groups is 1. The molecular weight excluding hydrogens is 254 g/mol. The highest BCUT2D eigenvalue weighted by Gasteiger charge is 2.18. The van der Waals surface area contributed by atoms with E-state index in [1.807, 2.05) is 18.2 Å². The van der Waals surface area contributed by atoms with E-state index >= 15 is 0 Å². The first-order chi connectivity index (χ1) is 9.83. The summed E-state index contributed by atoms with van der Waals surface area (Å²) in [5, 5.41) is 13.8. The predicted octanol–water partition coefficient (Wildman–Crippen LogP) is 2.76. The third-order valence-corrected chi connectivity index (χ3v) is 4.24. The Balaban J connectivity index is 1.54. The normalized spacial score (nSPS) is 20.6. The van der Waals surface area contributed by atoms with Crippen molar-refractivity contribution in [3.05, 3.63) is 23.8 Å². The van der Waals surface area contributed by atoms with Gasteiger partial charge in [0, 0.05) is 12.6 Å². The number of aliphatic hydroxyl groups excluding tert-OH is 1. The molecule has 3 rings (SSSR count). The second-order valence-corrected chi connectivity index (χ2v) is 5.73. The first-order valence-electron chi connectivity index (χ1n) is 7.64. The highest BCUT2D eigenvalue weighted by atomic mass is 16.7. The number of hydrogen-bond donors (Lipinski definition) is 2. The van der Waals surface area contributed by atoms with Crippen molar-refractivity contribution in [1.82, 2.24) is 5.32 Å². The fourth-order valence-corrected chi connectivity index (χ4v) is 3.00. The van der Waals surface area contributed by atoms with Crippen LogP contribution in [-0.4, -0.2) is 24.5 Å². The van der Waals surface area contributed by atoms with E-state index in [2.05, 4.69) is 5.32 Å². The predicted molar refractivity (Wildman–Crippen MR) is 77.0 cm³/mol. The van der Waals surface area contributed by atoms with Crippen molar-refractivity contribution in [1.29, 1.82) is 0 Å². The molecule has 1 aromatic rings. The summed E-state index contributed by atoms with van der Waals surface area (Å²) in [5.41, 5.74) is 0.885. The molecule has 1 aromatic carbocycles. The Labute approximate surface area is 120 Å². The van der Waals surface area contributed by atoms with Crippen LogP contribution in [0.4, 0.5) is 0 Å². The summed E-state index contributed by atoms with van der Waals surface area (Å²) < 4.78 is 10.6. The molecule has 0 spiro atoms. The van der Waals surface area contributed by atoms with Gasteiger partial charge in [-0.3, -0.25) is 0 Å². The maximum Gasteiger partial charge on any atom is 0.231 e. The number of hydrogen-bond acceptors (Lipinski definition) is 4. The number of fused-ring (bicyclic) bond motifs is 1. The van der Waals surface area contributed by atoms with E-state index in [0.717, 1.165) is 17.1 Å². The fourth-order valence-electron chi connectivity index (χ4n) is 3.00. The lowest BCUT2D eigenvalue weighted by Crippen LogP contribution is -2.32. The van der Waals surface area contributed by atoms with Gasteiger partial charge in [-0.2, -0.15) is 0 Å². The zero-order chi connectivity index (χ0) is 13.8. The van der Waals surface area contributed by atoms with Crippen LogP contribution in [0, 0.1) is 0 Å². The van der Waals surface area contributed by atoms with E-state index in [4.69, 9.17) is 9.47 Å². The van der Waals surface area contributed by atoms with Crippen molar-refractivity contribution >= 4 is 0 Å². The second-order valence-electron chi connectivity index (χ2n) is 5.73. The summed E-state index contributed by atoms with van der Waals surface area (Å²) in [6.07, 6.45) is 7.27. The molecule has 0 amide bonds. The zero-order valence-corrected chi connectivity index (χ0v) is 11.8. The van der Waals surface area contributed by atoms with Gasteiger partial charge < -0.3 is 19.9 Å². The van der Waals surface area contributed by atoms with Gasteiger partial charge in [-0.15, -0.1) is 0 Å². The third kappa shape index (κ3) is 3.25. The Morgan fingerprint density at radius 1 is 1.10 bits per heavy atom. The van der Waals surface area contributed by atoms with Gasteiger partial charge >= 0.3 is 0 Å². The lowest BCUT2D eigenvalue weighted by atomic mass is 10.1. The van der Waals surface area contributed by atoms with Gasteiger partial charge in [0.05, 0.1) is 6.10 Å². The molecule has 1 atom stereocenters. The summed E-state index contributed by atoms with van der Waals surface area (Å²) >= 11 is 0. The van der Waals surface area contributed by atoms with Crippen LogP contribution in [0.15, 0.2) is 18.2 Å². The summed E-state index contributed by atoms with van der Waals surface area (Å²) in [5.74, 6) is 1.49. The molecule has 20 heavy (non-hydrogen) atoms. The van der Waals surface area contributed by atoms with Crippen LogP contribution in [0.3, 0.4) is 0 Å². The van der Waals surface area contributed by atoms with Gasteiger partial charge in [0.15, 0.2) is 11.5 Å². The molecule has 0 saturated heterocycles. The summed E-state index contributed by atoms with van der Waals surface area (Å²) in [7, 11) is 0. The standard InChI is InChI=1S/C16H23NO3/c18-14(10-17-13-5-3-1-2-4-6-13)12-7-8-15-16(9-12)20-11-19-15/h7-9,13-14,17-18H,1-6,10-11H2. The van der Waals surface area contributed by atoms with Crippen LogP contribution < -0.4 is 14.8 Å². The number of benzene rings is 1. The molecule has 0 bridgehead atoms. The van der Waals surface area contributed by atoms with E-state index in [-0.39, 0.29) is 6.79 Å². The van der Waals surface area contributed by atoms with Gasteiger partial charge in [0.25, 0.3) is 0 Å². The Bertz CT molecular complexity index is 441. The minimum absolute atomic E-state index is 0.273. The van der Waals surface area contributed by atoms with Gasteiger partial charge in [-0.05, 0) is 30.5 Å². The molecular formula is C16H23NO3. The molecule has 2 aliphatic rings. The number of rotatable bonds is 4. The van der Waals surface area contributed by atoms with E-state index in [0.29, 0.717) is 12.6 Å². The van der Waals surface area contributed by atoms with Crippen molar-refractivity contribution in [2.45, 2.75) is 50.7 Å². The quantitative estimate of drug-likeness (QED) is 0.831. The molecule has 1 heterocycles. The van der Waals surface area contributed by atoms with E-state index in [9.17, 15) is 5.11 Å². The Hall–Kier alpha value is -1.26. The summed E-state index contributed by atoms with van der Waals surface area (Å²) in [6, 6.07) is 6.21. The Kier molecular flexibility index (Phi) is 4.43. The average molecular weight is 277 g/mol. The molecule has 0 aromatic heterocycles. The van der Waals surface area contributed by atoms with Crippen LogP contribution in [0.5, 0.6) is 11.5 Å². The molecule has 1 fully saturated rings. The largest absolute Gasteiger partial charge is 0.454 e. The second kappa shape index (κ2) is 6.46. The van der Waals surface area contributed by atoms with Crippen LogP contribution in [0.1, 0.15) is 50.2 Å². The van der Waals surface area contributed by atoms with Gasteiger partial charge in [-0.25, -0.2) is 0 Å². The van der Waals surface area contributed by atoms with E-state index in [1.54, 1.807) is 0 Å². The molecule has 110 valence electrons. The number of nitrogens with one attached hydrogen (secondary N) is 1. The van der Waals surface area contributed by atoms with E-state index < -0.39 is 6.10 Å². The minimum Gasteiger partial charge on any atom is -0.454 e. The molecule has 1 aliphatic heterocycles. The smallest absolute Gasteiger partial charge is 0.231 e. The van der Waals surface area contributed by atoms with E-state index in [1.165, 1.54) is 38.5 Å². The van der Waals surface area contributed by atoms with Gasteiger partial charge in [0.2, 0.25) is 6.79 Å². The third-order valence-electron chi connectivity index (χ3n) is 4.24. The maximum absolute atomic E-state index is 10.3. The highest BCUT2D eigenvalue weighted by molar-refractivity contribution is 5.45. The van der Waals surface area contributed by atoms with Crippen LogP contribution in [0.2, 0.25) is 0 Å². The SMILES string of the molecule is OC(CNC1CCCCCC1)c1ccc2c(c1)OCO2. The van der Waals surface area contributed by atoms with Crippen LogP contribution in [-0.2, 0) is 0 Å². The number of ether oxygens (including phenoxy) is 2. The zero-order valence-electron chi connectivity index (χ0n) is 11.8. The van der Waals surface area contributed by atoms with Gasteiger partial charge in [-0.1, -0.05) is 31.7 Å². The lowest BCUT2D eigenvalue weighted by Gasteiger charge is -2.19. The summed E-state index contributed by atoms with van der Waals surface area (Å²) in [4.78, 5) is 0. The molecule has 4 heteroatoms. The maximum atomic E-state index is 10.3. The van der Waals surface area contributed by atoms with Crippen LogP contribution in [0.25, 0.3) is 0 Å². The first kappa shape index (κ1) is 13.7. The van der Waals surface area contributed by atoms with Crippen molar-refractivity contribution in [3.8, 4) is 11.5 Å². The Morgan fingerprint density at radius 2 is 1.85 bits per heavy atom. The van der Waals surface area contributed by atoms with Crippen LogP contribution >= 0.6 is 0 Å². The topological polar surface area (TPSA) is 50.7 Å². The minimum atomic E-state index is -0.493. The highest BCUT2D eigenvalue weighted by Crippen LogP contribution is 2.34. The fraction of sp³-hybridized carbons (Fsp3) is 0.625. The Morgan fingerprint density at radius 3 is 2.65 bits per heavy atom. The lowest BCUT2D eigenvalue weighted by molar-refractivity contribution is 0.166. The molecule has 0 radical (unpaired) electrons. The van der Waals surface area contributed by atoms with Crippen molar-refractivity contribution in [2.24, 2.45) is 0 Å². The monoisotopic (exact) mass is 277 g/mol. The first-order valence-corrected chi connectivity index (χ1v) is 7.64. The summed E-state index contributed by atoms with van der Waals surface area (Å²) in [6.45, 7) is 0.875. The molecule has 1 saturated carbocycles. The van der Waals surface area contributed by atoms with Gasteiger partial charge in [0.1, 0.15) is 0 Å². The van der Waals surface area contributed by atoms with Crippen molar-refractivity contribution in [3.63, 3.8) is 0 Å².